The number of phenols is 1. The van der Waals surface area contributed by atoms with Crippen LogP contribution in [0.3, 0.4) is 0 Å². The first-order valence-electron chi connectivity index (χ1n) is 16.9. The minimum Gasteiger partial charge on any atom is -0.506 e. The average molecular weight is 780 g/mol. The predicted molar refractivity (Wildman–Crippen MR) is 210 cm³/mol. The van der Waals surface area contributed by atoms with Crippen LogP contribution in [0.2, 0.25) is 10.0 Å². The van der Waals surface area contributed by atoms with E-state index in [1.165, 1.54) is 22.8 Å². The zero-order valence-corrected chi connectivity index (χ0v) is 32.0. The fraction of sp³-hybridized carbons (Fsp3) is 0.282. The molecule has 0 radical (unpaired) electrons. The van der Waals surface area contributed by atoms with Gasteiger partial charge in [-0.05, 0) is 54.8 Å². The molecule has 0 bridgehead atoms. The zero-order valence-electron chi connectivity index (χ0n) is 30.5. The molecule has 8 N–H and O–H groups in total. The van der Waals surface area contributed by atoms with Crippen molar-refractivity contribution in [1.82, 2.24) is 20.5 Å². The third kappa shape index (κ3) is 10.9. The summed E-state index contributed by atoms with van der Waals surface area (Å²) in [5.41, 5.74) is 2.96. The van der Waals surface area contributed by atoms with Crippen LogP contribution in [0, 0.1) is 24.7 Å². The first kappa shape index (κ1) is 41.4. The summed E-state index contributed by atoms with van der Waals surface area (Å²) in [4.78, 5) is 39.4. The van der Waals surface area contributed by atoms with Gasteiger partial charge in [0.1, 0.15) is 28.9 Å². The van der Waals surface area contributed by atoms with Crippen molar-refractivity contribution in [1.29, 1.82) is 5.41 Å². The number of carbonyl (C=O) groups is 2. The number of hydrogen-bond donors (Lipinski definition) is 8. The number of aromatic hydroxyl groups is 1. The number of aryl methyl sites for hydroxylation is 2. The molecule has 0 fully saturated rings. The molecule has 0 aliphatic carbocycles. The van der Waals surface area contributed by atoms with E-state index in [1.54, 1.807) is 44.2 Å². The Labute approximate surface area is 323 Å². The number of aliphatic hydroxyl groups is 2. The Morgan fingerprint density at radius 1 is 1.00 bits per heavy atom. The molecule has 0 saturated heterocycles. The molecule has 13 nitrogen and oxygen atoms in total. The average Bonchev–Trinajstić information content (AvgIpc) is 3.12. The first-order valence-corrected chi connectivity index (χ1v) is 17.6. The Bertz CT molecular complexity index is 2130. The molecule has 4 aromatic rings. The van der Waals surface area contributed by atoms with Gasteiger partial charge in [-0.25, -0.2) is 4.79 Å². The lowest BCUT2D eigenvalue weighted by molar-refractivity contribution is 0.0802. The van der Waals surface area contributed by atoms with Crippen molar-refractivity contribution < 1.29 is 29.6 Å². The fourth-order valence-corrected chi connectivity index (χ4v) is 5.34. The maximum absolute atomic E-state index is 13.6. The van der Waals surface area contributed by atoms with Crippen molar-refractivity contribution in [3.8, 4) is 17.2 Å². The number of aliphatic hydroxyl groups excluding tert-OH is 2. The summed E-state index contributed by atoms with van der Waals surface area (Å²) in [5.74, 6) is -0.280. The second-order valence-electron chi connectivity index (χ2n) is 13.5. The molecular weight excluding hydrogens is 735 g/mol. The Balaban J connectivity index is 1.48. The van der Waals surface area contributed by atoms with E-state index in [9.17, 15) is 24.6 Å². The van der Waals surface area contributed by atoms with Gasteiger partial charge < -0.3 is 41.4 Å². The van der Waals surface area contributed by atoms with Gasteiger partial charge in [0, 0.05) is 59.4 Å². The van der Waals surface area contributed by atoms with Crippen molar-refractivity contribution in [2.75, 3.05) is 18.5 Å². The van der Waals surface area contributed by atoms with Gasteiger partial charge in [0.25, 0.3) is 11.5 Å². The van der Waals surface area contributed by atoms with Crippen LogP contribution in [0.1, 0.15) is 53.5 Å². The molecule has 15 heteroatoms. The lowest BCUT2D eigenvalue weighted by atomic mass is 9.90. The highest BCUT2D eigenvalue weighted by molar-refractivity contribution is 6.32. The van der Waals surface area contributed by atoms with E-state index in [4.69, 9.17) is 38.5 Å². The van der Waals surface area contributed by atoms with Gasteiger partial charge in [-0.3, -0.25) is 19.5 Å². The molecule has 1 heterocycles. The van der Waals surface area contributed by atoms with Gasteiger partial charge in [-0.15, -0.1) is 0 Å². The number of hydrogen-bond acceptors (Lipinski definition) is 9. The molecular formula is C39H44Cl2N6O7. The van der Waals surface area contributed by atoms with Crippen molar-refractivity contribution in [2.45, 2.75) is 53.9 Å². The quantitative estimate of drug-likeness (QED) is 0.0719. The second-order valence-corrected chi connectivity index (χ2v) is 14.3. The van der Waals surface area contributed by atoms with Gasteiger partial charge in [0.2, 0.25) is 0 Å². The molecule has 3 amide bonds. The molecule has 1 unspecified atom stereocenters. The van der Waals surface area contributed by atoms with Crippen LogP contribution in [0.25, 0.3) is 5.69 Å². The molecule has 0 spiro atoms. The summed E-state index contributed by atoms with van der Waals surface area (Å²) in [6.45, 7) is 8.60. The Morgan fingerprint density at radius 2 is 1.70 bits per heavy atom. The Kier molecular flexibility index (Phi) is 13.9. The van der Waals surface area contributed by atoms with E-state index in [-0.39, 0.29) is 58.3 Å². The predicted octanol–water partition coefficient (Wildman–Crippen LogP) is 5.95. The van der Waals surface area contributed by atoms with Gasteiger partial charge in [-0.1, -0.05) is 74.3 Å². The van der Waals surface area contributed by atoms with E-state index < -0.39 is 35.6 Å². The number of anilines is 1. The smallest absolute Gasteiger partial charge is 0.320 e. The number of amides is 3. The highest BCUT2D eigenvalue weighted by Gasteiger charge is 2.19. The summed E-state index contributed by atoms with van der Waals surface area (Å²) in [7, 11) is 0. The van der Waals surface area contributed by atoms with Crippen molar-refractivity contribution in [2.24, 2.45) is 5.41 Å². The molecule has 0 aliphatic rings. The Morgan fingerprint density at radius 3 is 2.37 bits per heavy atom. The van der Waals surface area contributed by atoms with Gasteiger partial charge in [0.05, 0.1) is 23.4 Å². The topological polar surface area (TPSA) is 198 Å². The number of rotatable bonds is 14. The summed E-state index contributed by atoms with van der Waals surface area (Å²) < 4.78 is 7.44. The number of ether oxygens (including phenoxy) is 1. The standard InChI is InChI=1S/C39H44Cl2N6O7/c1-22-10-11-24(36(51)43-19-28(49)20-48)15-30(22)47-23(2)14-32(35(41)37(47)52)54-21-26-9-7-6-8-25(26)18-44-38(53)46-34(17-33(42)39(3,4)5)45-27-12-13-29(40)31(50)16-27/h6-17,28,42,45,48-50H,18-21H2,1-5H3,(H,43,51)(H2,44,46,53)/b34-17+,42-33?. The van der Waals surface area contributed by atoms with Crippen molar-refractivity contribution in [3.63, 3.8) is 0 Å². The number of pyridine rings is 1. The molecule has 3 aromatic carbocycles. The fourth-order valence-electron chi connectivity index (χ4n) is 5.03. The van der Waals surface area contributed by atoms with E-state index in [1.807, 2.05) is 45.0 Å². The minimum atomic E-state index is -1.10. The summed E-state index contributed by atoms with van der Waals surface area (Å²) in [6, 6.07) is 17.7. The highest BCUT2D eigenvalue weighted by Crippen LogP contribution is 2.28. The highest BCUT2D eigenvalue weighted by atomic mass is 35.5. The molecule has 0 aliphatic heterocycles. The zero-order chi connectivity index (χ0) is 39.7. The minimum absolute atomic E-state index is 0.0198. The van der Waals surface area contributed by atoms with Crippen LogP contribution in [-0.2, 0) is 13.2 Å². The van der Waals surface area contributed by atoms with Gasteiger partial charge in [-0.2, -0.15) is 0 Å². The lowest BCUT2D eigenvalue weighted by Gasteiger charge is -2.20. The number of carbonyl (C=O) groups excluding carboxylic acids is 2. The van der Waals surface area contributed by atoms with E-state index in [0.717, 1.165) is 11.1 Å². The van der Waals surface area contributed by atoms with Crippen LogP contribution in [0.15, 0.2) is 83.4 Å². The molecule has 286 valence electrons. The number of nitrogens with one attached hydrogen (secondary N) is 5. The number of allylic oxidation sites excluding steroid dienone is 1. The lowest BCUT2D eigenvalue weighted by Crippen LogP contribution is -2.37. The van der Waals surface area contributed by atoms with Crippen LogP contribution in [0.4, 0.5) is 10.5 Å². The van der Waals surface area contributed by atoms with Crippen molar-refractivity contribution in [3.05, 3.63) is 127 Å². The van der Waals surface area contributed by atoms with E-state index in [0.29, 0.717) is 22.6 Å². The molecule has 1 aromatic heterocycles. The number of halogens is 2. The second kappa shape index (κ2) is 18.1. The summed E-state index contributed by atoms with van der Waals surface area (Å²) in [5, 5.41) is 48.3. The molecule has 1 atom stereocenters. The molecule has 4 rings (SSSR count). The third-order valence-electron chi connectivity index (χ3n) is 8.23. The number of urea groups is 1. The van der Waals surface area contributed by atoms with E-state index in [2.05, 4.69) is 21.3 Å². The molecule has 0 saturated carbocycles. The van der Waals surface area contributed by atoms with Gasteiger partial charge >= 0.3 is 6.03 Å². The monoisotopic (exact) mass is 778 g/mol. The maximum Gasteiger partial charge on any atom is 0.320 e. The Hall–Kier alpha value is -5.34. The van der Waals surface area contributed by atoms with E-state index >= 15 is 0 Å². The van der Waals surface area contributed by atoms with Crippen LogP contribution >= 0.6 is 23.2 Å². The number of benzene rings is 3. The number of aromatic nitrogens is 1. The van der Waals surface area contributed by atoms with Crippen LogP contribution < -0.4 is 31.6 Å². The largest absolute Gasteiger partial charge is 0.506 e. The maximum atomic E-state index is 13.6. The summed E-state index contributed by atoms with van der Waals surface area (Å²) >= 11 is 12.5. The first-order chi connectivity index (χ1) is 25.5. The summed E-state index contributed by atoms with van der Waals surface area (Å²) in [6.07, 6.45) is 0.393. The number of nitrogens with zero attached hydrogens (tertiary/aromatic N) is 1. The third-order valence-corrected chi connectivity index (χ3v) is 8.90. The van der Waals surface area contributed by atoms with Crippen molar-refractivity contribution >= 4 is 46.5 Å². The normalized spacial score (nSPS) is 12.1. The SMILES string of the molecule is Cc1ccc(C(=O)NCC(O)CO)cc1-n1c(C)cc(OCc2ccccc2CNC(=O)N/C(=C/C(=N)C(C)(C)C)Nc2ccc(Cl)c(O)c2)c(Cl)c1=O. The molecule has 54 heavy (non-hydrogen) atoms. The van der Waals surface area contributed by atoms with Crippen LogP contribution in [0.5, 0.6) is 11.5 Å². The van der Waals surface area contributed by atoms with Gasteiger partial charge in [0.15, 0.2) is 0 Å². The number of phenolic OH excluding ortho intramolecular Hbond substituents is 1. The van der Waals surface area contributed by atoms with Crippen LogP contribution in [-0.4, -0.2) is 56.8 Å².